The fourth-order valence-corrected chi connectivity index (χ4v) is 3.39. The van der Waals surface area contributed by atoms with Crippen LogP contribution in [0.25, 0.3) is 0 Å². The number of likely N-dealkylation sites (tertiary alicyclic amines) is 1. The molecule has 5 nitrogen and oxygen atoms in total. The third kappa shape index (κ3) is 3.36. The van der Waals surface area contributed by atoms with Gasteiger partial charge in [-0.1, -0.05) is 0 Å². The normalized spacial score (nSPS) is 25.0. The second-order valence-electron chi connectivity index (χ2n) is 5.90. The van der Waals surface area contributed by atoms with Gasteiger partial charge in [0.1, 0.15) is 5.75 Å². The highest BCUT2D eigenvalue weighted by Gasteiger charge is 2.36. The van der Waals surface area contributed by atoms with E-state index in [4.69, 9.17) is 10.5 Å². The summed E-state index contributed by atoms with van der Waals surface area (Å²) in [5, 5.41) is 3.47. The molecule has 0 saturated carbocycles. The minimum atomic E-state index is -0.407. The first kappa shape index (κ1) is 14.4. The fraction of sp³-hybridized carbons (Fsp3) is 0.562. The molecule has 3 rings (SSSR count). The molecule has 114 valence electrons. The average molecular weight is 289 g/mol. The number of hydrogen-bond donors (Lipinski definition) is 2. The molecule has 1 aromatic carbocycles. The maximum Gasteiger partial charge on any atom is 0.248 e. The first-order valence-corrected chi connectivity index (χ1v) is 7.71. The summed E-state index contributed by atoms with van der Waals surface area (Å²) in [5.74, 6) is 1.24. The van der Waals surface area contributed by atoms with Crippen LogP contribution in [0.4, 0.5) is 0 Å². The van der Waals surface area contributed by atoms with Gasteiger partial charge in [-0.3, -0.25) is 9.69 Å². The number of hydrogen-bond acceptors (Lipinski definition) is 4. The van der Waals surface area contributed by atoms with Crippen molar-refractivity contribution in [3.8, 4) is 5.75 Å². The number of carbonyl (C=O) groups excluding carboxylic acids is 1. The highest BCUT2D eigenvalue weighted by atomic mass is 16.5. The van der Waals surface area contributed by atoms with Gasteiger partial charge in [-0.2, -0.15) is 0 Å². The lowest BCUT2D eigenvalue weighted by atomic mass is 10.1. The second kappa shape index (κ2) is 6.45. The van der Waals surface area contributed by atoms with Crippen molar-refractivity contribution >= 4 is 5.91 Å². The number of nitrogens with two attached hydrogens (primary N) is 1. The predicted octanol–water partition coefficient (Wildman–Crippen LogP) is 0.848. The summed E-state index contributed by atoms with van der Waals surface area (Å²) in [6.07, 6.45) is 2.36. The van der Waals surface area contributed by atoms with E-state index in [-0.39, 0.29) is 0 Å². The summed E-state index contributed by atoms with van der Waals surface area (Å²) in [4.78, 5) is 13.6. The first-order chi connectivity index (χ1) is 10.2. The number of carbonyl (C=O) groups is 1. The molecule has 2 fully saturated rings. The monoisotopic (exact) mass is 289 g/mol. The molecule has 2 aliphatic heterocycles. The fourth-order valence-electron chi connectivity index (χ4n) is 3.39. The number of nitrogens with zero attached hydrogens (tertiary/aromatic N) is 1. The molecular formula is C16H23N3O2. The smallest absolute Gasteiger partial charge is 0.248 e. The molecule has 0 spiro atoms. The molecule has 2 heterocycles. The van der Waals surface area contributed by atoms with E-state index in [9.17, 15) is 4.79 Å². The Balaban J connectivity index is 1.39. The van der Waals surface area contributed by atoms with Crippen LogP contribution in [0.1, 0.15) is 23.2 Å². The molecular weight excluding hydrogens is 266 g/mol. The van der Waals surface area contributed by atoms with Crippen LogP contribution in [0.15, 0.2) is 24.3 Å². The van der Waals surface area contributed by atoms with Crippen LogP contribution in [-0.4, -0.2) is 49.6 Å². The summed E-state index contributed by atoms with van der Waals surface area (Å²) in [6.45, 7) is 5.35. The van der Waals surface area contributed by atoms with Crippen molar-refractivity contribution in [2.75, 3.05) is 32.8 Å². The van der Waals surface area contributed by atoms with Gasteiger partial charge in [0.2, 0.25) is 5.91 Å². The van der Waals surface area contributed by atoms with Crippen molar-refractivity contribution in [2.45, 2.75) is 18.9 Å². The van der Waals surface area contributed by atoms with Crippen molar-refractivity contribution in [3.05, 3.63) is 29.8 Å². The molecule has 0 unspecified atom stereocenters. The number of primary amides is 1. The van der Waals surface area contributed by atoms with Crippen LogP contribution in [0.2, 0.25) is 0 Å². The predicted molar refractivity (Wildman–Crippen MR) is 81.4 cm³/mol. The van der Waals surface area contributed by atoms with Gasteiger partial charge in [0, 0.05) is 24.7 Å². The van der Waals surface area contributed by atoms with Crippen molar-refractivity contribution < 1.29 is 9.53 Å². The van der Waals surface area contributed by atoms with Gasteiger partial charge < -0.3 is 15.8 Å². The molecule has 1 amide bonds. The highest BCUT2D eigenvalue weighted by Crippen LogP contribution is 2.26. The Labute approximate surface area is 125 Å². The molecule has 3 N–H and O–H groups in total. The Hall–Kier alpha value is -1.59. The largest absolute Gasteiger partial charge is 0.494 e. The number of benzene rings is 1. The van der Waals surface area contributed by atoms with E-state index in [1.54, 1.807) is 24.3 Å². The quantitative estimate of drug-likeness (QED) is 0.762. The topological polar surface area (TPSA) is 67.6 Å². The molecule has 5 heteroatoms. The number of nitrogens with one attached hydrogen (secondary N) is 1. The first-order valence-electron chi connectivity index (χ1n) is 7.71. The Bertz CT molecular complexity index is 489. The van der Waals surface area contributed by atoms with E-state index in [1.165, 1.54) is 19.5 Å². The molecule has 0 radical (unpaired) electrons. The number of fused-ring (bicyclic) bond motifs is 1. The lowest BCUT2D eigenvalue weighted by molar-refractivity contribution is 0.100. The zero-order valence-electron chi connectivity index (χ0n) is 12.3. The molecule has 21 heavy (non-hydrogen) atoms. The molecule has 1 aromatic rings. The van der Waals surface area contributed by atoms with Gasteiger partial charge in [-0.15, -0.1) is 0 Å². The Morgan fingerprint density at radius 1 is 1.33 bits per heavy atom. The van der Waals surface area contributed by atoms with E-state index in [2.05, 4.69) is 10.2 Å². The molecule has 2 saturated heterocycles. The average Bonchev–Trinajstić information content (AvgIpc) is 3.08. The summed E-state index contributed by atoms with van der Waals surface area (Å²) in [7, 11) is 0. The van der Waals surface area contributed by atoms with E-state index in [1.807, 2.05) is 0 Å². The van der Waals surface area contributed by atoms with Crippen LogP contribution in [0.5, 0.6) is 5.75 Å². The van der Waals surface area contributed by atoms with Gasteiger partial charge in [0.15, 0.2) is 0 Å². The van der Waals surface area contributed by atoms with E-state index in [0.29, 0.717) is 12.2 Å². The molecule has 2 atom stereocenters. The molecule has 0 aromatic heterocycles. The minimum Gasteiger partial charge on any atom is -0.494 e. The summed E-state index contributed by atoms with van der Waals surface area (Å²) < 4.78 is 5.72. The van der Waals surface area contributed by atoms with Gasteiger partial charge in [-0.05, 0) is 56.1 Å². The number of ether oxygens (including phenoxy) is 1. The maximum atomic E-state index is 11.0. The lowest BCUT2D eigenvalue weighted by Gasteiger charge is -2.22. The van der Waals surface area contributed by atoms with Gasteiger partial charge in [0.05, 0.1) is 6.61 Å². The van der Waals surface area contributed by atoms with Gasteiger partial charge >= 0.3 is 0 Å². The number of rotatable bonds is 6. The van der Waals surface area contributed by atoms with E-state index in [0.717, 1.165) is 37.2 Å². The van der Waals surface area contributed by atoms with Crippen LogP contribution in [0.3, 0.4) is 0 Å². The van der Waals surface area contributed by atoms with E-state index < -0.39 is 5.91 Å². The zero-order chi connectivity index (χ0) is 14.7. The third-order valence-corrected chi connectivity index (χ3v) is 4.56. The zero-order valence-corrected chi connectivity index (χ0v) is 12.3. The highest BCUT2D eigenvalue weighted by molar-refractivity contribution is 5.92. The maximum absolute atomic E-state index is 11.0. The van der Waals surface area contributed by atoms with Crippen LogP contribution >= 0.6 is 0 Å². The molecule has 0 bridgehead atoms. The third-order valence-electron chi connectivity index (χ3n) is 4.56. The van der Waals surface area contributed by atoms with Crippen molar-refractivity contribution in [3.63, 3.8) is 0 Å². The Kier molecular flexibility index (Phi) is 4.41. The summed E-state index contributed by atoms with van der Waals surface area (Å²) in [5.41, 5.74) is 5.72. The van der Waals surface area contributed by atoms with Crippen LogP contribution in [0, 0.1) is 5.92 Å². The summed E-state index contributed by atoms with van der Waals surface area (Å²) in [6, 6.07) is 7.74. The van der Waals surface area contributed by atoms with Gasteiger partial charge in [-0.25, -0.2) is 0 Å². The van der Waals surface area contributed by atoms with Crippen LogP contribution < -0.4 is 15.8 Å². The SMILES string of the molecule is NC(=O)c1ccc(OCCCN2CC[C@H]3CNC[C@H]32)cc1. The number of amides is 1. The Morgan fingerprint density at radius 3 is 2.90 bits per heavy atom. The lowest BCUT2D eigenvalue weighted by Crippen LogP contribution is -2.35. The molecule has 2 aliphatic rings. The minimum absolute atomic E-state index is 0.407. The Morgan fingerprint density at radius 2 is 2.14 bits per heavy atom. The van der Waals surface area contributed by atoms with Gasteiger partial charge in [0.25, 0.3) is 0 Å². The van der Waals surface area contributed by atoms with Crippen molar-refractivity contribution in [1.29, 1.82) is 0 Å². The second-order valence-corrected chi connectivity index (χ2v) is 5.90. The van der Waals surface area contributed by atoms with E-state index >= 15 is 0 Å². The standard InChI is InChI=1S/C16H23N3O2/c17-16(20)12-2-4-14(5-3-12)21-9-1-7-19-8-6-13-10-18-11-15(13)19/h2-5,13,15,18H,1,6-11H2,(H2,17,20)/t13-,15+/m0/s1. The molecule has 0 aliphatic carbocycles. The van der Waals surface area contributed by atoms with Crippen LogP contribution in [-0.2, 0) is 0 Å². The van der Waals surface area contributed by atoms with Crippen molar-refractivity contribution in [2.24, 2.45) is 11.7 Å². The van der Waals surface area contributed by atoms with Crippen molar-refractivity contribution in [1.82, 2.24) is 10.2 Å². The summed E-state index contributed by atoms with van der Waals surface area (Å²) >= 11 is 0.